The number of benzene rings is 1. The predicted octanol–water partition coefficient (Wildman–Crippen LogP) is 3.25. The molecule has 1 N–H and O–H groups in total. The molecule has 0 atom stereocenters. The second-order valence-electron chi connectivity index (χ2n) is 4.78. The second-order valence-corrected chi connectivity index (χ2v) is 5.57. The van der Waals surface area contributed by atoms with Crippen LogP contribution in [0.25, 0.3) is 0 Å². The number of anilines is 1. The molecule has 1 heterocycles. The van der Waals surface area contributed by atoms with Crippen molar-refractivity contribution in [2.24, 2.45) is 0 Å². The highest BCUT2D eigenvalue weighted by Crippen LogP contribution is 2.18. The lowest BCUT2D eigenvalue weighted by Crippen LogP contribution is -2.23. The third-order valence-electron chi connectivity index (χ3n) is 3.25. The van der Waals surface area contributed by atoms with Crippen LogP contribution < -0.4 is 10.9 Å². The Labute approximate surface area is 127 Å². The van der Waals surface area contributed by atoms with E-state index in [1.807, 2.05) is 6.92 Å². The topological polar surface area (TPSA) is 46.9 Å². The van der Waals surface area contributed by atoms with Gasteiger partial charge in [-0.2, -0.15) is 5.10 Å². The van der Waals surface area contributed by atoms with Crippen molar-refractivity contribution in [1.82, 2.24) is 9.78 Å². The summed E-state index contributed by atoms with van der Waals surface area (Å²) in [5.74, 6) is 0. The molecule has 0 bridgehead atoms. The van der Waals surface area contributed by atoms with Gasteiger partial charge in [-0.25, -0.2) is 4.68 Å². The molecule has 2 rings (SSSR count). The van der Waals surface area contributed by atoms with Crippen LogP contribution in [0.1, 0.15) is 23.6 Å². The third-order valence-corrected chi connectivity index (χ3v) is 4.02. The van der Waals surface area contributed by atoms with Gasteiger partial charge in [0.15, 0.2) is 0 Å². The van der Waals surface area contributed by atoms with Crippen LogP contribution in [-0.4, -0.2) is 9.78 Å². The van der Waals surface area contributed by atoms with Crippen molar-refractivity contribution in [3.8, 4) is 0 Å². The van der Waals surface area contributed by atoms with Gasteiger partial charge in [0.1, 0.15) is 4.47 Å². The zero-order chi connectivity index (χ0) is 14.7. The maximum Gasteiger partial charge on any atom is 0.283 e. The van der Waals surface area contributed by atoms with Gasteiger partial charge in [0.05, 0.1) is 11.9 Å². The summed E-state index contributed by atoms with van der Waals surface area (Å²) in [6, 6.07) is 6.35. The molecule has 0 saturated carbocycles. The lowest BCUT2D eigenvalue weighted by molar-refractivity contribution is 0.613. The first-order valence-electron chi connectivity index (χ1n) is 6.58. The second kappa shape index (κ2) is 6.22. The van der Waals surface area contributed by atoms with E-state index in [1.54, 1.807) is 6.20 Å². The Balaban J connectivity index is 2.19. The van der Waals surface area contributed by atoms with E-state index in [-0.39, 0.29) is 5.56 Å². The minimum Gasteiger partial charge on any atom is -0.379 e. The summed E-state index contributed by atoms with van der Waals surface area (Å²) in [7, 11) is 0. The zero-order valence-electron chi connectivity index (χ0n) is 11.9. The summed E-state index contributed by atoms with van der Waals surface area (Å²) < 4.78 is 1.95. The average molecular weight is 336 g/mol. The highest BCUT2D eigenvalue weighted by Gasteiger charge is 2.08. The highest BCUT2D eigenvalue weighted by atomic mass is 79.9. The first kappa shape index (κ1) is 14.8. The highest BCUT2D eigenvalue weighted by molar-refractivity contribution is 9.10. The molecule has 4 nitrogen and oxygen atoms in total. The molecule has 0 spiro atoms. The molecule has 2 aromatic rings. The molecule has 0 aliphatic rings. The number of nitrogens with zero attached hydrogens (tertiary/aromatic N) is 2. The zero-order valence-corrected chi connectivity index (χ0v) is 13.5. The number of rotatable bonds is 4. The molecule has 1 aromatic carbocycles. The van der Waals surface area contributed by atoms with Crippen LogP contribution in [0, 0.1) is 13.8 Å². The summed E-state index contributed by atoms with van der Waals surface area (Å²) in [6.45, 7) is 7.29. The number of aromatic nitrogens is 2. The lowest BCUT2D eigenvalue weighted by atomic mass is 10.1. The smallest absolute Gasteiger partial charge is 0.283 e. The molecule has 1 aromatic heterocycles. The normalized spacial score (nSPS) is 10.6. The molecule has 0 radical (unpaired) electrons. The molecule has 5 heteroatoms. The van der Waals surface area contributed by atoms with E-state index in [4.69, 9.17) is 0 Å². The molecule has 106 valence electrons. The Kier molecular flexibility index (Phi) is 4.60. The number of halogens is 1. The number of hydrogen-bond donors (Lipinski definition) is 1. The Hall–Kier alpha value is -1.62. The van der Waals surface area contributed by atoms with Crippen molar-refractivity contribution in [3.05, 3.63) is 55.9 Å². The van der Waals surface area contributed by atoms with Crippen LogP contribution in [0.3, 0.4) is 0 Å². The Morgan fingerprint density at radius 1 is 1.35 bits per heavy atom. The predicted molar refractivity (Wildman–Crippen MR) is 85.1 cm³/mol. The van der Waals surface area contributed by atoms with Crippen LogP contribution in [0.5, 0.6) is 0 Å². The van der Waals surface area contributed by atoms with E-state index >= 15 is 0 Å². The van der Waals surface area contributed by atoms with Crippen molar-refractivity contribution in [1.29, 1.82) is 0 Å². The maximum atomic E-state index is 12.0. The van der Waals surface area contributed by atoms with Crippen LogP contribution in [-0.2, 0) is 13.1 Å². The summed E-state index contributed by atoms with van der Waals surface area (Å²) >= 11 is 3.34. The number of hydrogen-bond acceptors (Lipinski definition) is 3. The van der Waals surface area contributed by atoms with Crippen LogP contribution in [0.15, 0.2) is 33.7 Å². The molecular formula is C15H18BrN3O. The number of aryl methyl sites for hydroxylation is 3. The van der Waals surface area contributed by atoms with Gasteiger partial charge in [0, 0.05) is 13.1 Å². The molecule has 0 aliphatic carbocycles. The van der Waals surface area contributed by atoms with Gasteiger partial charge in [0.2, 0.25) is 0 Å². The fraction of sp³-hybridized carbons (Fsp3) is 0.333. The molecule has 0 aliphatic heterocycles. The fourth-order valence-electron chi connectivity index (χ4n) is 2.05. The monoisotopic (exact) mass is 335 g/mol. The minimum atomic E-state index is -0.113. The Bertz CT molecular complexity index is 679. The van der Waals surface area contributed by atoms with Crippen LogP contribution >= 0.6 is 15.9 Å². The van der Waals surface area contributed by atoms with E-state index in [1.165, 1.54) is 21.4 Å². The molecular weight excluding hydrogens is 318 g/mol. The molecule has 20 heavy (non-hydrogen) atoms. The Morgan fingerprint density at radius 3 is 2.75 bits per heavy atom. The van der Waals surface area contributed by atoms with Gasteiger partial charge in [-0.05, 0) is 47.8 Å². The first-order valence-corrected chi connectivity index (χ1v) is 7.38. The third kappa shape index (κ3) is 3.10. The largest absolute Gasteiger partial charge is 0.379 e. The van der Waals surface area contributed by atoms with E-state index in [0.29, 0.717) is 17.6 Å². The van der Waals surface area contributed by atoms with Gasteiger partial charge < -0.3 is 5.32 Å². The van der Waals surface area contributed by atoms with Crippen molar-refractivity contribution >= 4 is 21.6 Å². The summed E-state index contributed by atoms with van der Waals surface area (Å²) in [4.78, 5) is 12.0. The van der Waals surface area contributed by atoms with E-state index < -0.39 is 0 Å². The lowest BCUT2D eigenvalue weighted by Gasteiger charge is -2.11. The summed E-state index contributed by atoms with van der Waals surface area (Å²) in [5.41, 5.74) is 4.31. The van der Waals surface area contributed by atoms with E-state index in [0.717, 1.165) is 5.69 Å². The maximum absolute atomic E-state index is 12.0. The fourth-order valence-corrected chi connectivity index (χ4v) is 2.50. The first-order chi connectivity index (χ1) is 9.52. The summed E-state index contributed by atoms with van der Waals surface area (Å²) in [5, 5.41) is 7.38. The summed E-state index contributed by atoms with van der Waals surface area (Å²) in [6.07, 6.45) is 1.68. The SMILES string of the molecule is CCn1ncc(NCc2ccc(C)cc2C)c(Br)c1=O. The molecule has 0 saturated heterocycles. The van der Waals surface area contributed by atoms with Crippen molar-refractivity contribution in [2.45, 2.75) is 33.9 Å². The van der Waals surface area contributed by atoms with Crippen molar-refractivity contribution in [3.63, 3.8) is 0 Å². The van der Waals surface area contributed by atoms with Gasteiger partial charge in [-0.3, -0.25) is 4.79 Å². The van der Waals surface area contributed by atoms with Crippen LogP contribution in [0.4, 0.5) is 5.69 Å². The molecule has 0 fully saturated rings. The van der Waals surface area contributed by atoms with Crippen LogP contribution in [0.2, 0.25) is 0 Å². The van der Waals surface area contributed by atoms with Crippen molar-refractivity contribution in [2.75, 3.05) is 5.32 Å². The average Bonchev–Trinajstić information content (AvgIpc) is 2.42. The van der Waals surface area contributed by atoms with Gasteiger partial charge in [-0.1, -0.05) is 23.8 Å². The van der Waals surface area contributed by atoms with E-state index in [2.05, 4.69) is 58.4 Å². The number of nitrogens with one attached hydrogen (secondary N) is 1. The van der Waals surface area contributed by atoms with Gasteiger partial charge >= 0.3 is 0 Å². The van der Waals surface area contributed by atoms with E-state index in [9.17, 15) is 4.79 Å². The Morgan fingerprint density at radius 2 is 2.10 bits per heavy atom. The minimum absolute atomic E-state index is 0.113. The molecule has 0 unspecified atom stereocenters. The van der Waals surface area contributed by atoms with Gasteiger partial charge in [0.25, 0.3) is 5.56 Å². The van der Waals surface area contributed by atoms with Gasteiger partial charge in [-0.15, -0.1) is 0 Å². The standard InChI is InChI=1S/C15H18BrN3O/c1-4-19-15(20)14(16)13(9-18-19)17-8-12-6-5-10(2)7-11(12)3/h5-7,9,17H,4,8H2,1-3H3. The van der Waals surface area contributed by atoms with Crippen molar-refractivity contribution < 1.29 is 0 Å². The molecule has 0 amide bonds. The quantitative estimate of drug-likeness (QED) is 0.932.